The first kappa shape index (κ1) is 60.0. The highest BCUT2D eigenvalue weighted by molar-refractivity contribution is 5.64. The van der Waals surface area contributed by atoms with Crippen LogP contribution in [0.2, 0.25) is 0 Å². The molecule has 6 nitrogen and oxygen atoms in total. The van der Waals surface area contributed by atoms with E-state index in [1.807, 2.05) is 0 Å². The SMILES string of the molecule is CCCC[N+](C)(C)CCCCCC[N+](C)(C)CCCCCCCCCCOc1ccc(-c2ccc(OCCCCCCCCCC[N+](C)(C)CCCCCC[N+](C)(C)CCCC)cc2)cc1. The predicted octanol–water partition coefficient (Wildman–Crippen LogP) is 15.4. The van der Waals surface area contributed by atoms with Crippen molar-refractivity contribution < 1.29 is 27.4 Å². The molecule has 382 valence electrons. The monoisotopic (exact) mass is 923 g/mol. The molecule has 2 rings (SSSR count). The molecule has 0 amide bonds. The third kappa shape index (κ3) is 32.6. The summed E-state index contributed by atoms with van der Waals surface area (Å²) in [5.74, 6) is 1.95. The van der Waals surface area contributed by atoms with E-state index in [0.717, 1.165) is 37.6 Å². The van der Waals surface area contributed by atoms with Crippen LogP contribution in [0.25, 0.3) is 11.1 Å². The Balaban J connectivity index is 1.40. The van der Waals surface area contributed by atoms with E-state index >= 15 is 0 Å². The molecule has 0 saturated heterocycles. The first-order valence-corrected chi connectivity index (χ1v) is 28.4. The van der Waals surface area contributed by atoms with Gasteiger partial charge in [-0.1, -0.05) is 115 Å². The lowest BCUT2D eigenvalue weighted by Crippen LogP contribution is -2.41. The van der Waals surface area contributed by atoms with Gasteiger partial charge in [0.15, 0.2) is 0 Å². The third-order valence-corrected chi connectivity index (χ3v) is 14.7. The zero-order valence-electron chi connectivity index (χ0n) is 46.1. The van der Waals surface area contributed by atoms with Crippen molar-refractivity contribution in [2.45, 2.75) is 194 Å². The molecule has 0 heterocycles. The Bertz CT molecular complexity index is 1300. The van der Waals surface area contributed by atoms with Crippen molar-refractivity contribution in [2.24, 2.45) is 0 Å². The zero-order chi connectivity index (χ0) is 48.3. The van der Waals surface area contributed by atoms with Crippen LogP contribution >= 0.6 is 0 Å². The lowest BCUT2D eigenvalue weighted by molar-refractivity contribution is -0.891. The average molecular weight is 924 g/mol. The van der Waals surface area contributed by atoms with Gasteiger partial charge >= 0.3 is 0 Å². The van der Waals surface area contributed by atoms with Crippen molar-refractivity contribution in [2.75, 3.05) is 122 Å². The molecule has 0 atom stereocenters. The number of hydrogen-bond donors (Lipinski definition) is 0. The van der Waals surface area contributed by atoms with Crippen LogP contribution in [0.5, 0.6) is 11.5 Å². The van der Waals surface area contributed by atoms with Gasteiger partial charge in [-0.2, -0.15) is 0 Å². The number of hydrogen-bond acceptors (Lipinski definition) is 2. The first-order chi connectivity index (χ1) is 31.7. The van der Waals surface area contributed by atoms with Gasteiger partial charge in [-0.3, -0.25) is 0 Å². The number of quaternary nitrogens is 4. The molecular weight excluding hydrogens is 809 g/mol. The molecule has 0 bridgehead atoms. The smallest absolute Gasteiger partial charge is 0.119 e. The zero-order valence-corrected chi connectivity index (χ0v) is 46.1. The maximum atomic E-state index is 6.10. The standard InChI is InChI=1S/C60H114N4O2/c1-11-13-47-61(3,4)49-33-25-27-35-53-63(7,8)51-31-23-19-15-17-21-29-37-55-65-59-43-39-57(40-44-59)58-41-45-60(46-42-58)66-56-38-30-22-18-16-20-24-32-52-64(9,10)54-36-28-26-34-50-62(5,6)48-14-12-2/h39-46H,11-38,47-56H2,1-10H3/q+4. The molecule has 66 heavy (non-hydrogen) atoms. The van der Waals surface area contributed by atoms with Crippen LogP contribution in [0.3, 0.4) is 0 Å². The van der Waals surface area contributed by atoms with Gasteiger partial charge < -0.3 is 27.4 Å². The minimum Gasteiger partial charge on any atom is -0.494 e. The fourth-order valence-corrected chi connectivity index (χ4v) is 9.76. The van der Waals surface area contributed by atoms with Crippen molar-refractivity contribution in [1.29, 1.82) is 0 Å². The first-order valence-electron chi connectivity index (χ1n) is 28.4. The molecule has 0 aliphatic carbocycles. The fraction of sp³-hybridized carbons (Fsp3) is 0.800. The number of ether oxygens (including phenoxy) is 2. The van der Waals surface area contributed by atoms with E-state index in [2.05, 4.69) is 119 Å². The summed E-state index contributed by atoms with van der Waals surface area (Å²) >= 11 is 0. The summed E-state index contributed by atoms with van der Waals surface area (Å²) in [6, 6.07) is 17.2. The van der Waals surface area contributed by atoms with Crippen LogP contribution in [-0.2, 0) is 0 Å². The van der Waals surface area contributed by atoms with E-state index in [1.165, 1.54) is 248 Å². The van der Waals surface area contributed by atoms with Crippen molar-refractivity contribution in [1.82, 2.24) is 0 Å². The Kier molecular flexibility index (Phi) is 32.6. The van der Waals surface area contributed by atoms with Crippen molar-refractivity contribution in [3.8, 4) is 22.6 Å². The Morgan fingerprint density at radius 3 is 0.682 bits per heavy atom. The summed E-state index contributed by atoms with van der Waals surface area (Å²) in [7, 11) is 19.4. The Morgan fingerprint density at radius 1 is 0.258 bits per heavy atom. The van der Waals surface area contributed by atoms with Crippen LogP contribution in [0.1, 0.15) is 194 Å². The molecule has 0 unspecified atom stereocenters. The number of benzene rings is 2. The molecular formula is C60H114N4O2+4. The summed E-state index contributed by atoms with van der Waals surface area (Å²) in [5, 5.41) is 0. The topological polar surface area (TPSA) is 18.5 Å². The molecule has 0 aliphatic heterocycles. The summed E-state index contributed by atoms with van der Waals surface area (Å²) < 4.78 is 17.0. The predicted molar refractivity (Wildman–Crippen MR) is 291 cm³/mol. The minimum atomic E-state index is 0.811. The molecule has 0 N–H and O–H groups in total. The number of nitrogens with zero attached hydrogens (tertiary/aromatic N) is 4. The van der Waals surface area contributed by atoms with Gasteiger partial charge in [0.1, 0.15) is 11.5 Å². The molecule has 0 aliphatic rings. The van der Waals surface area contributed by atoms with Crippen molar-refractivity contribution in [3.05, 3.63) is 48.5 Å². The van der Waals surface area contributed by atoms with Gasteiger partial charge in [-0.15, -0.1) is 0 Å². The van der Waals surface area contributed by atoms with Gasteiger partial charge in [0.05, 0.1) is 122 Å². The molecule has 2 aromatic carbocycles. The molecule has 0 fully saturated rings. The third-order valence-electron chi connectivity index (χ3n) is 14.7. The Labute approximate surface area is 412 Å². The van der Waals surface area contributed by atoms with Crippen molar-refractivity contribution >= 4 is 0 Å². The van der Waals surface area contributed by atoms with E-state index in [-0.39, 0.29) is 0 Å². The highest BCUT2D eigenvalue weighted by Crippen LogP contribution is 2.25. The van der Waals surface area contributed by atoms with Crippen molar-refractivity contribution in [3.63, 3.8) is 0 Å². The molecule has 6 heteroatoms. The lowest BCUT2D eigenvalue weighted by Gasteiger charge is -2.31. The second-order valence-corrected chi connectivity index (χ2v) is 23.5. The normalized spacial score (nSPS) is 12.6. The number of unbranched alkanes of at least 4 members (excludes halogenated alkanes) is 22. The van der Waals surface area contributed by atoms with Crippen LogP contribution in [-0.4, -0.2) is 140 Å². The lowest BCUT2D eigenvalue weighted by atomic mass is 10.1. The Hall–Kier alpha value is -2.12. The second kappa shape index (κ2) is 35.9. The summed E-state index contributed by atoms with van der Waals surface area (Å²) in [6.45, 7) is 16.9. The maximum Gasteiger partial charge on any atom is 0.119 e. The second-order valence-electron chi connectivity index (χ2n) is 23.5. The van der Waals surface area contributed by atoms with E-state index in [0.29, 0.717) is 0 Å². The highest BCUT2D eigenvalue weighted by Gasteiger charge is 2.17. The van der Waals surface area contributed by atoms with Gasteiger partial charge in [-0.05, 0) is 138 Å². The van der Waals surface area contributed by atoms with E-state index in [4.69, 9.17) is 9.47 Å². The molecule has 2 aromatic rings. The van der Waals surface area contributed by atoms with E-state index in [9.17, 15) is 0 Å². The number of rotatable bonds is 45. The fourth-order valence-electron chi connectivity index (χ4n) is 9.76. The molecule has 0 radical (unpaired) electrons. The van der Waals surface area contributed by atoms with Gasteiger partial charge in [0, 0.05) is 0 Å². The van der Waals surface area contributed by atoms with Crippen LogP contribution < -0.4 is 9.47 Å². The highest BCUT2D eigenvalue weighted by atomic mass is 16.5. The van der Waals surface area contributed by atoms with Crippen LogP contribution in [0, 0.1) is 0 Å². The summed E-state index contributed by atoms with van der Waals surface area (Å²) in [4.78, 5) is 0. The Morgan fingerprint density at radius 2 is 0.455 bits per heavy atom. The minimum absolute atomic E-state index is 0.811. The molecule has 0 spiro atoms. The van der Waals surface area contributed by atoms with Gasteiger partial charge in [0.2, 0.25) is 0 Å². The van der Waals surface area contributed by atoms with E-state index in [1.54, 1.807) is 0 Å². The largest absolute Gasteiger partial charge is 0.494 e. The van der Waals surface area contributed by atoms with Crippen LogP contribution in [0.15, 0.2) is 48.5 Å². The summed E-state index contributed by atoms with van der Waals surface area (Å²) in [5.41, 5.74) is 2.44. The van der Waals surface area contributed by atoms with Gasteiger partial charge in [0.25, 0.3) is 0 Å². The van der Waals surface area contributed by atoms with Gasteiger partial charge in [-0.25, -0.2) is 0 Å². The average Bonchev–Trinajstić information content (AvgIpc) is 3.28. The molecule has 0 aromatic heterocycles. The van der Waals surface area contributed by atoms with E-state index < -0.39 is 0 Å². The summed E-state index contributed by atoms with van der Waals surface area (Å²) in [6.07, 6.45) is 37.8. The maximum absolute atomic E-state index is 6.10. The van der Waals surface area contributed by atoms with Crippen LogP contribution in [0.4, 0.5) is 0 Å². The molecule has 0 saturated carbocycles. The quantitative estimate of drug-likeness (QED) is 0.0487.